The number of phenolic OH excluding ortho intramolecular Hbond substituents is 2. The van der Waals surface area contributed by atoms with Gasteiger partial charge in [0.15, 0.2) is 0 Å². The van der Waals surface area contributed by atoms with Crippen LogP contribution in [0.15, 0.2) is 42.6 Å². The molecule has 204 valence electrons. The standard InChI is InChI=1S/2C11H16O.C9H11N.2ClH.Ti/c2*1-8-5-6-10(12)9(7-8)11(2,3)4;1-6-5-10-9(4)8(3)7(6)2;;;/h2*5-7,12H,1-4H3;3,5H,1-2,4H3;2*1H;/p-2. The molecule has 0 saturated carbocycles. The number of pyridine rings is 1. The third-order valence-electron chi connectivity index (χ3n) is 5.90. The summed E-state index contributed by atoms with van der Waals surface area (Å²) in [5.41, 5.74) is 9.48. The SMILES string of the molecule is Cc1ccc(O)c(C(C)(C)C)c1.Cc1ccc(O)c(C(C)(C)C)c1.Cc1cnc(C)c([CH]=[Ti])c1C.[Cl-].[Cl-]. The van der Waals surface area contributed by atoms with Crippen LogP contribution in [0.5, 0.6) is 11.5 Å². The average Bonchev–Trinajstić information content (AvgIpc) is 2.74. The number of hydrogen-bond donors (Lipinski definition) is 2. The molecule has 2 aromatic carbocycles. The first kappa shape index (κ1) is 37.5. The number of nitrogens with zero attached hydrogens (tertiary/aromatic N) is 1. The first-order valence-corrected chi connectivity index (χ1v) is 12.9. The van der Waals surface area contributed by atoms with Gasteiger partial charge in [-0.15, -0.1) is 0 Å². The van der Waals surface area contributed by atoms with Gasteiger partial charge in [0, 0.05) is 0 Å². The van der Waals surface area contributed by atoms with E-state index in [9.17, 15) is 10.2 Å². The van der Waals surface area contributed by atoms with Crippen LogP contribution in [0.4, 0.5) is 0 Å². The molecule has 37 heavy (non-hydrogen) atoms. The van der Waals surface area contributed by atoms with Crippen LogP contribution in [-0.4, -0.2) is 19.5 Å². The predicted molar refractivity (Wildman–Crippen MR) is 147 cm³/mol. The van der Waals surface area contributed by atoms with Gasteiger partial charge in [-0.2, -0.15) is 0 Å². The van der Waals surface area contributed by atoms with Crippen LogP contribution in [0.25, 0.3) is 0 Å². The fourth-order valence-electron chi connectivity index (χ4n) is 3.56. The van der Waals surface area contributed by atoms with Gasteiger partial charge in [-0.3, -0.25) is 0 Å². The van der Waals surface area contributed by atoms with Crippen molar-refractivity contribution >= 4 is 4.31 Å². The van der Waals surface area contributed by atoms with E-state index in [1.54, 1.807) is 12.1 Å². The summed E-state index contributed by atoms with van der Waals surface area (Å²) in [4.78, 5) is 4.28. The molecule has 0 aliphatic heterocycles. The molecule has 2 N–H and O–H groups in total. The topological polar surface area (TPSA) is 53.4 Å². The van der Waals surface area contributed by atoms with Gasteiger partial charge in [0.2, 0.25) is 0 Å². The Hall–Kier alpha value is -1.65. The quantitative estimate of drug-likeness (QED) is 0.432. The normalized spacial score (nSPS) is 10.4. The van der Waals surface area contributed by atoms with Crippen LogP contribution < -0.4 is 24.8 Å². The van der Waals surface area contributed by atoms with E-state index in [-0.39, 0.29) is 35.6 Å². The second kappa shape index (κ2) is 15.7. The molecule has 0 amide bonds. The minimum Gasteiger partial charge on any atom is -1.00 e. The first-order valence-electron chi connectivity index (χ1n) is 12.0. The number of aromatic hydroxyl groups is 2. The molecule has 0 aliphatic rings. The van der Waals surface area contributed by atoms with Crippen molar-refractivity contribution < 1.29 is 55.0 Å². The number of aromatic nitrogens is 1. The second-order valence-corrected chi connectivity index (χ2v) is 11.7. The summed E-state index contributed by atoms with van der Waals surface area (Å²) in [6.45, 7) is 22.9. The molecule has 0 spiro atoms. The Bertz CT molecular complexity index is 1100. The summed E-state index contributed by atoms with van der Waals surface area (Å²) in [7, 11) is 0. The number of aryl methyl sites for hydroxylation is 4. The largest absolute Gasteiger partial charge is 1.00 e. The molecule has 0 fully saturated rings. The van der Waals surface area contributed by atoms with Crippen molar-refractivity contribution in [2.45, 2.75) is 87.0 Å². The Balaban J connectivity index is 0. The Morgan fingerprint density at radius 3 is 1.35 bits per heavy atom. The van der Waals surface area contributed by atoms with Gasteiger partial charge < -0.3 is 35.0 Å². The summed E-state index contributed by atoms with van der Waals surface area (Å²) in [5, 5.41) is 19.1. The molecule has 0 saturated heterocycles. The Morgan fingerprint density at radius 2 is 1.08 bits per heavy atom. The van der Waals surface area contributed by atoms with Crippen molar-refractivity contribution in [3.63, 3.8) is 0 Å². The monoisotopic (exact) mass is 579 g/mol. The van der Waals surface area contributed by atoms with E-state index in [2.05, 4.69) is 84.7 Å². The van der Waals surface area contributed by atoms with Gasteiger partial charge in [0.05, 0.1) is 0 Å². The van der Waals surface area contributed by atoms with Crippen molar-refractivity contribution in [3.05, 3.63) is 87.2 Å². The number of rotatable bonds is 1. The Kier molecular flexibility index (Phi) is 15.9. The number of benzene rings is 2. The van der Waals surface area contributed by atoms with E-state index >= 15 is 0 Å². The summed E-state index contributed by atoms with van der Waals surface area (Å²) < 4.78 is 2.12. The third kappa shape index (κ3) is 11.7. The van der Waals surface area contributed by atoms with Crippen LogP contribution in [-0.2, 0) is 30.8 Å². The molecule has 0 aliphatic carbocycles. The maximum absolute atomic E-state index is 9.57. The number of hydrogen-bond acceptors (Lipinski definition) is 3. The van der Waals surface area contributed by atoms with E-state index < -0.39 is 0 Å². The van der Waals surface area contributed by atoms with Gasteiger partial charge in [-0.25, -0.2) is 0 Å². The summed E-state index contributed by atoms with van der Waals surface area (Å²) in [5.74, 6) is 0.793. The van der Waals surface area contributed by atoms with Gasteiger partial charge in [-0.05, 0) is 47.9 Å². The molecule has 1 heterocycles. The van der Waals surface area contributed by atoms with Crippen LogP contribution in [0.3, 0.4) is 0 Å². The molecule has 1 aromatic heterocycles. The van der Waals surface area contributed by atoms with Crippen molar-refractivity contribution in [3.8, 4) is 11.5 Å². The maximum atomic E-state index is 9.57. The minimum absolute atomic E-state index is 0. The summed E-state index contributed by atoms with van der Waals surface area (Å²) in [6, 6.07) is 11.4. The molecule has 6 heteroatoms. The van der Waals surface area contributed by atoms with E-state index in [1.165, 1.54) is 27.8 Å². The van der Waals surface area contributed by atoms with Crippen LogP contribution in [0, 0.1) is 34.6 Å². The Morgan fingerprint density at radius 1 is 0.703 bits per heavy atom. The Labute approximate surface area is 248 Å². The minimum atomic E-state index is 0. The molecule has 0 unspecified atom stereocenters. The van der Waals surface area contributed by atoms with Crippen LogP contribution in [0.2, 0.25) is 0 Å². The molecule has 3 nitrogen and oxygen atoms in total. The number of halogens is 2. The third-order valence-corrected chi connectivity index (χ3v) is 6.35. The van der Waals surface area contributed by atoms with Crippen molar-refractivity contribution in [1.29, 1.82) is 0 Å². The van der Waals surface area contributed by atoms with Crippen LogP contribution >= 0.6 is 0 Å². The molecular formula is C31H43Cl2NO2Ti-2. The summed E-state index contributed by atoms with van der Waals surface area (Å²) >= 11 is 2.05. The molecule has 0 atom stereocenters. The van der Waals surface area contributed by atoms with Gasteiger partial charge >= 0.3 is 78.6 Å². The van der Waals surface area contributed by atoms with E-state index in [4.69, 9.17) is 0 Å². The fourth-order valence-corrected chi connectivity index (χ4v) is 4.22. The van der Waals surface area contributed by atoms with Crippen molar-refractivity contribution in [1.82, 2.24) is 4.98 Å². The second-order valence-electron chi connectivity index (χ2n) is 11.3. The molecule has 0 bridgehead atoms. The zero-order chi connectivity index (χ0) is 27.1. The first-order chi connectivity index (χ1) is 16.0. The number of phenols is 2. The van der Waals surface area contributed by atoms with Gasteiger partial charge in [-0.1, -0.05) is 76.9 Å². The van der Waals surface area contributed by atoms with Crippen LogP contribution in [0.1, 0.15) is 86.2 Å². The van der Waals surface area contributed by atoms with E-state index in [0.29, 0.717) is 11.5 Å². The van der Waals surface area contributed by atoms with E-state index in [1.807, 2.05) is 51.2 Å². The van der Waals surface area contributed by atoms with Gasteiger partial charge in [0.1, 0.15) is 11.5 Å². The van der Waals surface area contributed by atoms with Crippen molar-refractivity contribution in [2.75, 3.05) is 0 Å². The fraction of sp³-hybridized carbons (Fsp3) is 0.419. The molecule has 3 aromatic rings. The smallest absolute Gasteiger partial charge is 1.00 e. The zero-order valence-electron chi connectivity index (χ0n) is 24.2. The molecular weight excluding hydrogens is 537 g/mol. The predicted octanol–water partition coefficient (Wildman–Crippen LogP) is 1.71. The van der Waals surface area contributed by atoms with Gasteiger partial charge in [0.25, 0.3) is 0 Å². The molecule has 3 rings (SSSR count). The zero-order valence-corrected chi connectivity index (χ0v) is 27.3. The van der Waals surface area contributed by atoms with E-state index in [0.717, 1.165) is 16.8 Å². The average molecular weight is 580 g/mol. The molecule has 0 radical (unpaired) electrons. The van der Waals surface area contributed by atoms with Crippen molar-refractivity contribution in [2.24, 2.45) is 0 Å². The summed E-state index contributed by atoms with van der Waals surface area (Å²) in [6.07, 6.45) is 1.93. The maximum Gasteiger partial charge on any atom is -1.00 e.